The van der Waals surface area contributed by atoms with Gasteiger partial charge in [-0.2, -0.15) is 0 Å². The van der Waals surface area contributed by atoms with Crippen molar-refractivity contribution >= 4 is 23.2 Å². The van der Waals surface area contributed by atoms with E-state index in [1.165, 1.54) is 0 Å². The molecule has 0 saturated carbocycles. The van der Waals surface area contributed by atoms with Crippen molar-refractivity contribution in [1.82, 2.24) is 0 Å². The first kappa shape index (κ1) is 10.5. The van der Waals surface area contributed by atoms with Crippen molar-refractivity contribution in [2.45, 2.75) is 12.8 Å². The Morgan fingerprint density at radius 1 is 1.44 bits per heavy atom. The molecule has 1 aliphatic heterocycles. The lowest BCUT2D eigenvalue weighted by Gasteiger charge is -2.17. The number of rotatable bonds is 3. The van der Waals surface area contributed by atoms with Gasteiger partial charge in [-0.1, -0.05) is 0 Å². The summed E-state index contributed by atoms with van der Waals surface area (Å²) in [7, 11) is 0. The van der Waals surface area contributed by atoms with Crippen LogP contribution < -0.4 is 16.4 Å². The molecule has 0 radical (unpaired) electrons. The number of nitrogens with two attached hydrogens (primary N) is 1. The van der Waals surface area contributed by atoms with Gasteiger partial charge in [0.25, 0.3) is 0 Å². The van der Waals surface area contributed by atoms with Gasteiger partial charge >= 0.3 is 0 Å². The Labute approximate surface area is 93.0 Å². The summed E-state index contributed by atoms with van der Waals surface area (Å²) in [4.78, 5) is 21.7. The number of fused-ring (bicyclic) bond motifs is 1. The molecular weight excluding hydrogens is 206 g/mol. The predicted molar refractivity (Wildman–Crippen MR) is 61.1 cm³/mol. The Kier molecular flexibility index (Phi) is 2.76. The zero-order valence-electron chi connectivity index (χ0n) is 8.75. The molecule has 0 unspecified atom stereocenters. The lowest BCUT2D eigenvalue weighted by atomic mass is 10.0. The van der Waals surface area contributed by atoms with Crippen LogP contribution in [0.2, 0.25) is 0 Å². The molecule has 4 N–H and O–H groups in total. The van der Waals surface area contributed by atoms with Crippen molar-refractivity contribution in [2.24, 2.45) is 5.73 Å². The molecule has 0 aromatic heterocycles. The maximum Gasteiger partial charge on any atom is 0.236 e. The zero-order valence-corrected chi connectivity index (χ0v) is 8.75. The molecule has 5 heteroatoms. The molecule has 1 aromatic carbocycles. The lowest BCUT2D eigenvalue weighted by Crippen LogP contribution is -2.22. The fourth-order valence-electron chi connectivity index (χ4n) is 1.68. The molecule has 0 spiro atoms. The molecule has 5 nitrogen and oxygen atoms in total. The lowest BCUT2D eigenvalue weighted by molar-refractivity contribution is -0.117. The van der Waals surface area contributed by atoms with Gasteiger partial charge in [0.1, 0.15) is 0 Å². The molecular formula is C11H13N3O2. The molecule has 0 fully saturated rings. The van der Waals surface area contributed by atoms with Gasteiger partial charge in [-0.3, -0.25) is 9.59 Å². The molecule has 1 aliphatic rings. The summed E-state index contributed by atoms with van der Waals surface area (Å²) >= 11 is 0. The van der Waals surface area contributed by atoms with Gasteiger partial charge in [-0.15, -0.1) is 0 Å². The van der Waals surface area contributed by atoms with Gasteiger partial charge < -0.3 is 16.4 Å². The summed E-state index contributed by atoms with van der Waals surface area (Å²) in [6.07, 6.45) is 1.24. The molecule has 0 saturated heterocycles. The quantitative estimate of drug-likeness (QED) is 0.690. The van der Waals surface area contributed by atoms with E-state index in [0.717, 1.165) is 23.4 Å². The number of aryl methyl sites for hydroxylation is 1. The molecule has 84 valence electrons. The third-order valence-corrected chi connectivity index (χ3v) is 2.47. The Hall–Kier alpha value is -2.04. The predicted octanol–water partition coefficient (Wildman–Crippen LogP) is 0.468. The van der Waals surface area contributed by atoms with E-state index in [1.807, 2.05) is 18.2 Å². The third-order valence-electron chi connectivity index (χ3n) is 2.47. The first-order valence-electron chi connectivity index (χ1n) is 5.10. The van der Waals surface area contributed by atoms with E-state index in [9.17, 15) is 9.59 Å². The number of anilines is 2. The number of carbonyl (C=O) groups is 2. The van der Waals surface area contributed by atoms with Crippen LogP contribution in [-0.2, 0) is 16.0 Å². The van der Waals surface area contributed by atoms with E-state index in [4.69, 9.17) is 5.73 Å². The van der Waals surface area contributed by atoms with Crippen molar-refractivity contribution in [2.75, 3.05) is 17.2 Å². The summed E-state index contributed by atoms with van der Waals surface area (Å²) in [6.45, 7) is 0.116. The summed E-state index contributed by atoms with van der Waals surface area (Å²) in [5.41, 5.74) is 7.81. The smallest absolute Gasteiger partial charge is 0.236 e. The van der Waals surface area contributed by atoms with Gasteiger partial charge in [-0.25, -0.2) is 0 Å². The van der Waals surface area contributed by atoms with Crippen molar-refractivity contribution < 1.29 is 9.59 Å². The van der Waals surface area contributed by atoms with E-state index < -0.39 is 5.91 Å². The number of amides is 2. The van der Waals surface area contributed by atoms with Crippen molar-refractivity contribution in [3.05, 3.63) is 23.8 Å². The Balaban J connectivity index is 2.13. The normalized spacial score (nSPS) is 13.9. The Morgan fingerprint density at radius 3 is 3.00 bits per heavy atom. The van der Waals surface area contributed by atoms with Gasteiger partial charge in [-0.05, 0) is 30.2 Å². The van der Waals surface area contributed by atoms with Gasteiger partial charge in [0, 0.05) is 17.8 Å². The molecule has 2 rings (SSSR count). The van der Waals surface area contributed by atoms with E-state index in [1.54, 1.807) is 0 Å². The SMILES string of the molecule is NC(=O)CNc1ccc2c(c1)CCC(=O)N2. The van der Waals surface area contributed by atoms with Crippen molar-refractivity contribution in [3.63, 3.8) is 0 Å². The van der Waals surface area contributed by atoms with Gasteiger partial charge in [0.15, 0.2) is 0 Å². The highest BCUT2D eigenvalue weighted by Gasteiger charge is 2.14. The summed E-state index contributed by atoms with van der Waals surface area (Å²) in [6, 6.07) is 5.57. The molecule has 0 aliphatic carbocycles. The molecule has 0 bridgehead atoms. The number of benzene rings is 1. The maximum atomic E-state index is 11.1. The van der Waals surface area contributed by atoms with Crippen molar-refractivity contribution in [3.8, 4) is 0 Å². The number of carbonyl (C=O) groups excluding carboxylic acids is 2. The van der Waals surface area contributed by atoms with Crippen LogP contribution >= 0.6 is 0 Å². The minimum absolute atomic E-state index is 0.0466. The van der Waals surface area contributed by atoms with E-state index in [-0.39, 0.29) is 12.5 Å². The van der Waals surface area contributed by atoms with Crippen LogP contribution in [0.5, 0.6) is 0 Å². The van der Waals surface area contributed by atoms with E-state index in [0.29, 0.717) is 6.42 Å². The average molecular weight is 219 g/mol. The van der Waals surface area contributed by atoms with E-state index in [2.05, 4.69) is 10.6 Å². The van der Waals surface area contributed by atoms with Gasteiger partial charge in [0.2, 0.25) is 11.8 Å². The average Bonchev–Trinajstić information content (AvgIpc) is 2.26. The first-order valence-corrected chi connectivity index (χ1v) is 5.10. The highest BCUT2D eigenvalue weighted by molar-refractivity contribution is 5.94. The van der Waals surface area contributed by atoms with Crippen LogP contribution in [0, 0.1) is 0 Å². The van der Waals surface area contributed by atoms with Crippen LogP contribution in [-0.4, -0.2) is 18.4 Å². The van der Waals surface area contributed by atoms with Crippen LogP contribution in [0.25, 0.3) is 0 Å². The summed E-state index contributed by atoms with van der Waals surface area (Å²) in [5, 5.41) is 5.71. The fourth-order valence-corrected chi connectivity index (χ4v) is 1.68. The topological polar surface area (TPSA) is 84.2 Å². The standard InChI is InChI=1S/C11H13N3O2/c12-10(15)6-13-8-2-3-9-7(5-8)1-4-11(16)14-9/h2-3,5,13H,1,4,6H2,(H2,12,15)(H,14,16). The van der Waals surface area contributed by atoms with Crippen molar-refractivity contribution in [1.29, 1.82) is 0 Å². The first-order chi connectivity index (χ1) is 7.65. The fraction of sp³-hybridized carbons (Fsp3) is 0.273. The minimum Gasteiger partial charge on any atom is -0.376 e. The third kappa shape index (κ3) is 2.31. The monoisotopic (exact) mass is 219 g/mol. The number of hydrogen-bond acceptors (Lipinski definition) is 3. The molecule has 16 heavy (non-hydrogen) atoms. The second kappa shape index (κ2) is 4.22. The number of nitrogens with one attached hydrogen (secondary N) is 2. The second-order valence-corrected chi connectivity index (χ2v) is 3.74. The maximum absolute atomic E-state index is 11.1. The second-order valence-electron chi connectivity index (χ2n) is 3.74. The number of hydrogen-bond donors (Lipinski definition) is 3. The molecule has 2 amide bonds. The van der Waals surface area contributed by atoms with Crippen LogP contribution in [0.1, 0.15) is 12.0 Å². The largest absolute Gasteiger partial charge is 0.376 e. The van der Waals surface area contributed by atoms with Crippen LogP contribution in [0.4, 0.5) is 11.4 Å². The molecule has 1 aromatic rings. The highest BCUT2D eigenvalue weighted by Crippen LogP contribution is 2.25. The van der Waals surface area contributed by atoms with Crippen LogP contribution in [0.3, 0.4) is 0 Å². The Morgan fingerprint density at radius 2 is 2.25 bits per heavy atom. The summed E-state index contributed by atoms with van der Waals surface area (Å²) < 4.78 is 0. The highest BCUT2D eigenvalue weighted by atomic mass is 16.2. The number of primary amides is 1. The summed E-state index contributed by atoms with van der Waals surface area (Å²) in [5.74, 6) is -0.351. The van der Waals surface area contributed by atoms with Gasteiger partial charge in [0.05, 0.1) is 6.54 Å². The molecule has 0 atom stereocenters. The molecule has 1 heterocycles. The van der Waals surface area contributed by atoms with Crippen LogP contribution in [0.15, 0.2) is 18.2 Å². The van der Waals surface area contributed by atoms with E-state index >= 15 is 0 Å². The Bertz CT molecular complexity index is 443. The minimum atomic E-state index is -0.397. The zero-order chi connectivity index (χ0) is 11.5.